The highest BCUT2D eigenvalue weighted by Gasteiger charge is 2.49. The first kappa shape index (κ1) is 15.4. The highest BCUT2D eigenvalue weighted by molar-refractivity contribution is 6.62. The Morgan fingerprint density at radius 2 is 1.53 bits per heavy atom. The molecule has 1 aliphatic carbocycles. The van der Waals surface area contributed by atoms with Gasteiger partial charge in [0.15, 0.2) is 0 Å². The van der Waals surface area contributed by atoms with Crippen LogP contribution in [0.15, 0.2) is 60.8 Å². The van der Waals surface area contributed by atoms with Crippen molar-refractivity contribution in [2.75, 3.05) is 0 Å². The summed E-state index contributed by atoms with van der Waals surface area (Å²) in [7, 11) is -2.97. The van der Waals surface area contributed by atoms with Crippen LogP contribution in [0.5, 0.6) is 0 Å². The topological polar surface area (TPSA) is 27.7 Å². The van der Waals surface area contributed by atoms with Gasteiger partial charge in [-0.3, -0.25) is 0 Å². The van der Waals surface area contributed by atoms with Crippen LogP contribution in [0.4, 0.5) is 0 Å². The zero-order valence-corrected chi connectivity index (χ0v) is 13.0. The molecule has 0 fully saturated rings. The average Bonchev–Trinajstić information content (AvgIpc) is 2.65. The van der Waals surface area contributed by atoms with Gasteiger partial charge in [0.05, 0.1) is 23.3 Å². The molecule has 0 N–H and O–H groups in total. The minimum Gasteiger partial charge on any atom is -0.488 e. The zero-order chi connectivity index (χ0) is 14.5. The van der Waals surface area contributed by atoms with Crippen LogP contribution in [-0.2, 0) is 13.3 Å². The molecule has 4 heteroatoms. The normalized spacial score (nSPS) is 13.7. The fraction of sp³-hybridized carbons (Fsp3) is 0.333. The van der Waals surface area contributed by atoms with Crippen LogP contribution in [0.2, 0.25) is 6.04 Å². The Morgan fingerprint density at radius 1 is 1.05 bits per heavy atom. The van der Waals surface area contributed by atoms with Gasteiger partial charge in [-0.25, -0.2) is 0 Å². The van der Waals surface area contributed by atoms with E-state index in [4.69, 9.17) is 13.3 Å². The molecule has 0 atom stereocenters. The highest BCUT2D eigenvalue weighted by Crippen LogP contribution is 2.29. The molecular weight excluding hydrogens is 256 g/mol. The predicted octanol–water partition coefficient (Wildman–Crippen LogP) is 4.46. The Balaban J connectivity index is 2.99. The second-order valence-electron chi connectivity index (χ2n) is 4.69. The summed E-state index contributed by atoms with van der Waals surface area (Å²) in [4.78, 5) is 0. The van der Waals surface area contributed by atoms with Crippen molar-refractivity contribution in [2.24, 2.45) is 0 Å². The lowest BCUT2D eigenvalue weighted by atomic mass is 10.3. The van der Waals surface area contributed by atoms with Crippen LogP contribution in [0.3, 0.4) is 0 Å². The summed E-state index contributed by atoms with van der Waals surface area (Å²) in [5.41, 5.74) is 1.15. The van der Waals surface area contributed by atoms with Gasteiger partial charge in [-0.15, -0.1) is 0 Å². The molecule has 0 heterocycles. The van der Waals surface area contributed by atoms with Crippen LogP contribution < -0.4 is 0 Å². The Bertz CT molecular complexity index is 406. The van der Waals surface area contributed by atoms with Gasteiger partial charge >= 0.3 is 8.80 Å². The summed E-state index contributed by atoms with van der Waals surface area (Å²) in [6.07, 6.45) is 7.23. The molecule has 0 saturated heterocycles. The molecule has 3 nitrogen and oxygen atoms in total. The molecule has 19 heavy (non-hydrogen) atoms. The van der Waals surface area contributed by atoms with E-state index in [1.165, 1.54) is 0 Å². The van der Waals surface area contributed by atoms with Gasteiger partial charge < -0.3 is 13.3 Å². The molecule has 1 aliphatic rings. The van der Waals surface area contributed by atoms with Gasteiger partial charge in [0.1, 0.15) is 0 Å². The van der Waals surface area contributed by atoms with E-state index in [1.54, 1.807) is 20.8 Å². The van der Waals surface area contributed by atoms with E-state index in [2.05, 4.69) is 38.0 Å². The fourth-order valence-corrected chi connectivity index (χ4v) is 4.55. The van der Waals surface area contributed by atoms with Crippen molar-refractivity contribution in [1.29, 1.82) is 0 Å². The summed E-state index contributed by atoms with van der Waals surface area (Å²) in [6.45, 7) is 16.7. The largest absolute Gasteiger partial charge is 0.703 e. The van der Waals surface area contributed by atoms with Crippen molar-refractivity contribution < 1.29 is 13.3 Å². The van der Waals surface area contributed by atoms with Crippen LogP contribution in [-0.4, -0.2) is 8.80 Å². The molecule has 0 aliphatic heterocycles. The Hall–Kier alpha value is -1.68. The molecule has 0 amide bonds. The van der Waals surface area contributed by atoms with Gasteiger partial charge in [-0.2, -0.15) is 0 Å². The summed E-state index contributed by atoms with van der Waals surface area (Å²) >= 11 is 0. The molecule has 0 aromatic heterocycles. The molecule has 0 unspecified atom stereocenters. The fourth-order valence-electron chi connectivity index (χ4n) is 1.86. The summed E-state index contributed by atoms with van der Waals surface area (Å²) in [5, 5.41) is 0. The third-order valence-electron chi connectivity index (χ3n) is 2.26. The highest BCUT2D eigenvalue weighted by atomic mass is 28.4. The predicted molar refractivity (Wildman–Crippen MR) is 80.1 cm³/mol. The van der Waals surface area contributed by atoms with Gasteiger partial charge in [-0.1, -0.05) is 38.0 Å². The summed E-state index contributed by atoms with van der Waals surface area (Å²) < 4.78 is 17.5. The Kier molecular flexibility index (Phi) is 5.24. The summed E-state index contributed by atoms with van der Waals surface area (Å²) in [6, 6.07) is 0.579. The third kappa shape index (κ3) is 5.22. The van der Waals surface area contributed by atoms with Crippen molar-refractivity contribution in [3.63, 3.8) is 0 Å². The SMILES string of the molecule is C=C(C)O[Si](CC1=CCC=C1)(OC(=C)C)OC(=C)C. The number of hydrogen-bond donors (Lipinski definition) is 0. The van der Waals surface area contributed by atoms with Crippen molar-refractivity contribution in [3.05, 3.63) is 60.8 Å². The Morgan fingerprint density at radius 3 is 1.84 bits per heavy atom. The van der Waals surface area contributed by atoms with E-state index >= 15 is 0 Å². The number of hydrogen-bond acceptors (Lipinski definition) is 3. The van der Waals surface area contributed by atoms with Crippen molar-refractivity contribution >= 4 is 8.80 Å². The summed E-state index contributed by atoms with van der Waals surface area (Å²) in [5.74, 6) is 1.70. The quantitative estimate of drug-likeness (QED) is 0.484. The first-order chi connectivity index (χ1) is 8.83. The van der Waals surface area contributed by atoms with E-state index in [1.807, 2.05) is 0 Å². The first-order valence-electron chi connectivity index (χ1n) is 6.22. The molecule has 0 aromatic rings. The van der Waals surface area contributed by atoms with Crippen LogP contribution in [0.1, 0.15) is 27.2 Å². The third-order valence-corrected chi connectivity index (χ3v) is 5.08. The lowest BCUT2D eigenvalue weighted by Crippen LogP contribution is -2.44. The number of allylic oxidation sites excluding steroid dienone is 7. The molecule has 0 aromatic carbocycles. The lowest BCUT2D eigenvalue weighted by Gasteiger charge is -2.30. The molecule has 0 radical (unpaired) electrons. The van der Waals surface area contributed by atoms with Gasteiger partial charge in [0, 0.05) is 0 Å². The molecule has 1 rings (SSSR count). The molecule has 0 spiro atoms. The van der Waals surface area contributed by atoms with Gasteiger partial charge in [-0.05, 0) is 32.8 Å². The molecule has 0 bridgehead atoms. The van der Waals surface area contributed by atoms with Crippen molar-refractivity contribution in [1.82, 2.24) is 0 Å². The molecular formula is C15H22O3Si. The lowest BCUT2D eigenvalue weighted by molar-refractivity contribution is 0.147. The van der Waals surface area contributed by atoms with E-state index in [0.29, 0.717) is 23.3 Å². The van der Waals surface area contributed by atoms with E-state index < -0.39 is 8.80 Å². The first-order valence-corrected chi connectivity index (χ1v) is 8.15. The minimum absolute atomic E-state index is 0.566. The zero-order valence-electron chi connectivity index (χ0n) is 12.0. The van der Waals surface area contributed by atoms with Crippen LogP contribution in [0.25, 0.3) is 0 Å². The Labute approximate surface area is 116 Å². The van der Waals surface area contributed by atoms with Crippen LogP contribution in [0, 0.1) is 0 Å². The molecule has 0 saturated carbocycles. The maximum Gasteiger partial charge on any atom is 0.703 e. The van der Waals surface area contributed by atoms with Gasteiger partial charge in [0.2, 0.25) is 0 Å². The van der Waals surface area contributed by atoms with E-state index in [9.17, 15) is 0 Å². The van der Waals surface area contributed by atoms with Gasteiger partial charge in [0.25, 0.3) is 0 Å². The second-order valence-corrected chi connectivity index (χ2v) is 7.02. The average molecular weight is 278 g/mol. The van der Waals surface area contributed by atoms with E-state index in [0.717, 1.165) is 12.0 Å². The number of rotatable bonds is 8. The smallest absolute Gasteiger partial charge is 0.488 e. The minimum atomic E-state index is -2.97. The van der Waals surface area contributed by atoms with Crippen molar-refractivity contribution in [2.45, 2.75) is 33.2 Å². The monoisotopic (exact) mass is 278 g/mol. The molecule has 104 valence electrons. The maximum atomic E-state index is 5.83. The van der Waals surface area contributed by atoms with E-state index in [-0.39, 0.29) is 0 Å². The standard InChI is InChI=1S/C15H22O3Si/c1-12(2)16-19(17-13(3)4,18-14(5)6)11-15-9-7-8-10-15/h7,9-10H,1,3,5,8,11H2,2,4,6H3. The van der Waals surface area contributed by atoms with Crippen LogP contribution >= 0.6 is 0 Å². The second kappa shape index (κ2) is 6.47. The maximum absolute atomic E-state index is 5.83. The van der Waals surface area contributed by atoms with Crippen molar-refractivity contribution in [3.8, 4) is 0 Å².